The molecule has 156 valence electrons. The molecule has 0 aromatic heterocycles. The molecular formula is C21H24ClNO5S. The van der Waals surface area contributed by atoms with Crippen molar-refractivity contribution in [2.75, 3.05) is 38.5 Å². The van der Waals surface area contributed by atoms with Gasteiger partial charge in [0.25, 0.3) is 5.91 Å². The van der Waals surface area contributed by atoms with Crippen molar-refractivity contribution in [3.63, 3.8) is 0 Å². The van der Waals surface area contributed by atoms with Crippen LogP contribution in [0, 0.1) is 5.92 Å². The zero-order chi connectivity index (χ0) is 21.0. The van der Waals surface area contributed by atoms with E-state index in [0.717, 1.165) is 4.90 Å². The van der Waals surface area contributed by atoms with E-state index in [0.29, 0.717) is 65.0 Å². The minimum Gasteiger partial charge on any atom is -0.493 e. The average molecular weight is 438 g/mol. The number of nitrogens with one attached hydrogen (secondary N) is 1. The second-order valence-electron chi connectivity index (χ2n) is 6.84. The predicted molar refractivity (Wildman–Crippen MR) is 116 cm³/mol. The summed E-state index contributed by atoms with van der Waals surface area (Å²) < 4.78 is 22.4. The number of amides is 1. The third-order valence-electron chi connectivity index (χ3n) is 4.17. The van der Waals surface area contributed by atoms with Gasteiger partial charge in [0.05, 0.1) is 24.4 Å². The Balaban J connectivity index is 1.86. The minimum atomic E-state index is -0.312. The summed E-state index contributed by atoms with van der Waals surface area (Å²) in [4.78, 5) is 13.8. The predicted octanol–water partition coefficient (Wildman–Crippen LogP) is 5.13. The van der Waals surface area contributed by atoms with Crippen LogP contribution in [0.4, 0.5) is 5.69 Å². The first-order valence-electron chi connectivity index (χ1n) is 9.22. The molecule has 0 radical (unpaired) electrons. The number of anilines is 1. The average Bonchev–Trinajstić information content (AvgIpc) is 2.71. The molecule has 0 atom stereocenters. The van der Waals surface area contributed by atoms with E-state index in [1.54, 1.807) is 18.2 Å². The number of benzene rings is 2. The zero-order valence-corrected chi connectivity index (χ0v) is 18.4. The number of rotatable bonds is 7. The normalized spacial score (nSPS) is 12.6. The lowest BCUT2D eigenvalue weighted by Gasteiger charge is -2.21. The van der Waals surface area contributed by atoms with Gasteiger partial charge < -0.3 is 24.3 Å². The highest BCUT2D eigenvalue weighted by Crippen LogP contribution is 2.40. The summed E-state index contributed by atoms with van der Waals surface area (Å²) in [6.45, 7) is 5.56. The van der Waals surface area contributed by atoms with Gasteiger partial charge in [-0.3, -0.25) is 4.79 Å². The molecule has 0 aliphatic carbocycles. The van der Waals surface area contributed by atoms with E-state index < -0.39 is 0 Å². The van der Waals surface area contributed by atoms with Crippen LogP contribution in [0.3, 0.4) is 0 Å². The maximum absolute atomic E-state index is 12.9. The van der Waals surface area contributed by atoms with Gasteiger partial charge in [0, 0.05) is 16.5 Å². The molecule has 8 heteroatoms. The Bertz CT molecular complexity index is 903. The molecule has 1 heterocycles. The van der Waals surface area contributed by atoms with Gasteiger partial charge in [0.2, 0.25) is 0 Å². The molecule has 29 heavy (non-hydrogen) atoms. The van der Waals surface area contributed by atoms with Gasteiger partial charge in [-0.2, -0.15) is 0 Å². The number of hydrogen-bond acceptors (Lipinski definition) is 6. The molecule has 6 nitrogen and oxygen atoms in total. The van der Waals surface area contributed by atoms with Crippen LogP contribution >= 0.6 is 23.4 Å². The second kappa shape index (κ2) is 9.50. The van der Waals surface area contributed by atoms with Crippen LogP contribution in [-0.4, -0.2) is 39.1 Å². The highest BCUT2D eigenvalue weighted by Gasteiger charge is 2.20. The first-order chi connectivity index (χ1) is 13.9. The van der Waals surface area contributed by atoms with Crippen molar-refractivity contribution in [1.29, 1.82) is 0 Å². The number of carbonyl (C=O) groups is 1. The van der Waals surface area contributed by atoms with Crippen molar-refractivity contribution in [1.82, 2.24) is 0 Å². The number of fused-ring (bicyclic) bond motifs is 1. The molecule has 3 rings (SSSR count). The summed E-state index contributed by atoms with van der Waals surface area (Å²) in [6.07, 6.45) is 1.93. The topological polar surface area (TPSA) is 66.0 Å². The lowest BCUT2D eigenvalue weighted by molar-refractivity contribution is 0.102. The van der Waals surface area contributed by atoms with Crippen LogP contribution in [0.15, 0.2) is 29.2 Å². The van der Waals surface area contributed by atoms with Crippen LogP contribution in [0.5, 0.6) is 23.0 Å². The summed E-state index contributed by atoms with van der Waals surface area (Å²) in [6, 6.07) is 6.84. The number of methoxy groups -OCH3 is 1. The third-order valence-corrected chi connectivity index (χ3v) is 5.22. The number of carbonyl (C=O) groups excluding carboxylic acids is 1. The van der Waals surface area contributed by atoms with Crippen molar-refractivity contribution >= 4 is 35.0 Å². The zero-order valence-electron chi connectivity index (χ0n) is 16.8. The van der Waals surface area contributed by atoms with Crippen molar-refractivity contribution < 1.29 is 23.7 Å². The molecule has 1 aliphatic heterocycles. The van der Waals surface area contributed by atoms with Crippen molar-refractivity contribution in [3.8, 4) is 23.0 Å². The molecule has 0 saturated carbocycles. The molecule has 2 aromatic rings. The largest absolute Gasteiger partial charge is 0.493 e. The van der Waals surface area contributed by atoms with Crippen LogP contribution in [0.1, 0.15) is 24.2 Å². The van der Waals surface area contributed by atoms with Crippen molar-refractivity contribution in [2.45, 2.75) is 18.7 Å². The third kappa shape index (κ3) is 5.03. The molecule has 1 amide bonds. The lowest BCUT2D eigenvalue weighted by Crippen LogP contribution is -2.17. The number of hydrogen-bond donors (Lipinski definition) is 1. The van der Waals surface area contributed by atoms with Gasteiger partial charge in [-0.25, -0.2) is 0 Å². The lowest BCUT2D eigenvalue weighted by atomic mass is 10.1. The van der Waals surface area contributed by atoms with E-state index >= 15 is 0 Å². The molecule has 0 saturated heterocycles. The quantitative estimate of drug-likeness (QED) is 0.606. The molecule has 0 spiro atoms. The monoisotopic (exact) mass is 437 g/mol. The van der Waals surface area contributed by atoms with E-state index in [1.807, 2.05) is 26.2 Å². The highest BCUT2D eigenvalue weighted by molar-refractivity contribution is 7.98. The summed E-state index contributed by atoms with van der Waals surface area (Å²) >= 11 is 7.88. The van der Waals surface area contributed by atoms with Crippen LogP contribution in [0.25, 0.3) is 0 Å². The van der Waals surface area contributed by atoms with Gasteiger partial charge in [-0.1, -0.05) is 25.4 Å². The Hall–Kier alpha value is -2.25. The molecule has 1 aliphatic rings. The fraction of sp³-hybridized carbons (Fsp3) is 0.381. The smallest absolute Gasteiger partial charge is 0.255 e. The Morgan fingerprint density at radius 2 is 1.90 bits per heavy atom. The molecule has 0 fully saturated rings. The van der Waals surface area contributed by atoms with Gasteiger partial charge in [0.15, 0.2) is 23.0 Å². The molecule has 2 aromatic carbocycles. The fourth-order valence-corrected chi connectivity index (χ4v) is 3.59. The maximum Gasteiger partial charge on any atom is 0.255 e. The Kier molecular flexibility index (Phi) is 7.03. The maximum atomic E-state index is 12.9. The second-order valence-corrected chi connectivity index (χ2v) is 8.10. The van der Waals surface area contributed by atoms with E-state index in [-0.39, 0.29) is 5.91 Å². The number of ether oxygens (including phenoxy) is 4. The summed E-state index contributed by atoms with van der Waals surface area (Å²) in [5.74, 6) is 2.15. The number of thioether (sulfide) groups is 1. The Morgan fingerprint density at radius 1 is 1.21 bits per heavy atom. The van der Waals surface area contributed by atoms with Gasteiger partial charge >= 0.3 is 0 Å². The van der Waals surface area contributed by atoms with Crippen LogP contribution in [-0.2, 0) is 0 Å². The molecular weight excluding hydrogens is 414 g/mol. The van der Waals surface area contributed by atoms with Gasteiger partial charge in [0.1, 0.15) is 13.2 Å². The van der Waals surface area contributed by atoms with Gasteiger partial charge in [-0.05, 0) is 30.4 Å². The summed E-state index contributed by atoms with van der Waals surface area (Å²) in [7, 11) is 1.52. The Morgan fingerprint density at radius 3 is 2.52 bits per heavy atom. The fourth-order valence-electron chi connectivity index (χ4n) is 2.77. The minimum absolute atomic E-state index is 0.312. The Labute approximate surface area is 179 Å². The van der Waals surface area contributed by atoms with E-state index in [4.69, 9.17) is 30.5 Å². The first-order valence-corrected chi connectivity index (χ1v) is 10.8. The van der Waals surface area contributed by atoms with Crippen LogP contribution < -0.4 is 24.3 Å². The van der Waals surface area contributed by atoms with Crippen molar-refractivity contribution in [2.24, 2.45) is 5.92 Å². The molecule has 0 bridgehead atoms. The number of halogens is 1. The highest BCUT2D eigenvalue weighted by atomic mass is 35.5. The van der Waals surface area contributed by atoms with Crippen molar-refractivity contribution in [3.05, 3.63) is 34.9 Å². The summed E-state index contributed by atoms with van der Waals surface area (Å²) in [5, 5.41) is 3.25. The van der Waals surface area contributed by atoms with Crippen LogP contribution in [0.2, 0.25) is 5.02 Å². The SMILES string of the molecule is COc1cc(C(=O)Nc2cc3c(cc2SC)OCCO3)cc(Cl)c1OCC(C)C. The first kappa shape index (κ1) is 21.5. The van der Waals surface area contributed by atoms with E-state index in [9.17, 15) is 4.79 Å². The van der Waals surface area contributed by atoms with Gasteiger partial charge in [-0.15, -0.1) is 11.8 Å². The van der Waals surface area contributed by atoms with E-state index in [1.165, 1.54) is 18.9 Å². The molecule has 0 unspecified atom stereocenters. The standard InChI is InChI=1S/C21H24ClNO5S/c1-12(2)11-28-20-14(22)7-13(8-18(20)25-3)21(24)23-15-9-16-17(10-19(15)29-4)27-6-5-26-16/h7-10,12H,5-6,11H2,1-4H3,(H,23,24). The van der Waals surface area contributed by atoms with E-state index in [2.05, 4.69) is 5.32 Å². The summed E-state index contributed by atoms with van der Waals surface area (Å²) in [5.41, 5.74) is 1.01. The molecule has 1 N–H and O–H groups in total.